The summed E-state index contributed by atoms with van der Waals surface area (Å²) in [6.45, 7) is 1.80. The van der Waals surface area contributed by atoms with Gasteiger partial charge in [-0.3, -0.25) is 10.1 Å². The molecule has 5 aromatic rings. The number of anilines is 1. The van der Waals surface area contributed by atoms with Crippen molar-refractivity contribution in [3.8, 4) is 0 Å². The predicted octanol–water partition coefficient (Wildman–Crippen LogP) is 6.33. The van der Waals surface area contributed by atoms with Crippen LogP contribution in [0.15, 0.2) is 128 Å². The van der Waals surface area contributed by atoms with E-state index in [0.717, 1.165) is 22.3 Å². The summed E-state index contributed by atoms with van der Waals surface area (Å²) in [5.41, 5.74) is 4.19. The molecule has 0 saturated carbocycles. The molecular weight excluding hydrogens is 739 g/mol. The van der Waals surface area contributed by atoms with E-state index < -0.39 is 24.3 Å². The number of imidazole rings is 1. The van der Waals surface area contributed by atoms with Crippen molar-refractivity contribution in [3.05, 3.63) is 155 Å². The summed E-state index contributed by atoms with van der Waals surface area (Å²) in [5, 5.41) is 2.80. The van der Waals surface area contributed by atoms with E-state index in [1.165, 1.54) is 0 Å². The van der Waals surface area contributed by atoms with Crippen molar-refractivity contribution in [2.24, 2.45) is 0 Å². The molecule has 13 heteroatoms. The van der Waals surface area contributed by atoms with Crippen LogP contribution in [0.3, 0.4) is 0 Å². The van der Waals surface area contributed by atoms with Crippen LogP contribution in [0.5, 0.6) is 0 Å². The van der Waals surface area contributed by atoms with Crippen LogP contribution in [0.2, 0.25) is 0 Å². The van der Waals surface area contributed by atoms with Gasteiger partial charge in [0.2, 0.25) is 5.95 Å². The van der Waals surface area contributed by atoms with Crippen molar-refractivity contribution < 1.29 is 38.0 Å². The molecule has 4 atom stereocenters. The van der Waals surface area contributed by atoms with Gasteiger partial charge in [-0.2, -0.15) is 0 Å². The van der Waals surface area contributed by atoms with Crippen molar-refractivity contribution in [1.29, 1.82) is 0 Å². The Labute approximate surface area is 340 Å². The van der Waals surface area contributed by atoms with E-state index in [1.54, 1.807) is 38.7 Å². The van der Waals surface area contributed by atoms with Crippen LogP contribution in [-0.2, 0) is 54.4 Å². The number of hydrogen-bond donors (Lipinski definition) is 2. The third-order valence-electron chi connectivity index (χ3n) is 9.97. The van der Waals surface area contributed by atoms with E-state index in [2.05, 4.69) is 27.4 Å². The lowest BCUT2D eigenvalue weighted by molar-refractivity contribution is -0.192. The molecule has 13 nitrogen and oxygen atoms in total. The average Bonchev–Trinajstić information content (AvgIpc) is 3.76. The molecule has 1 aliphatic rings. The molecule has 58 heavy (non-hydrogen) atoms. The quantitative estimate of drug-likeness (QED) is 0.0609. The highest BCUT2D eigenvalue weighted by molar-refractivity contribution is 6.03. The molecular formula is C45H53N5O8. The monoisotopic (exact) mass is 791 g/mol. The number of aromatic nitrogens is 2. The summed E-state index contributed by atoms with van der Waals surface area (Å²) in [7, 11) is 3.24. The first-order chi connectivity index (χ1) is 28.5. The molecule has 0 spiro atoms. The summed E-state index contributed by atoms with van der Waals surface area (Å²) in [5.74, 6) is 0.0109. The first-order valence-electron chi connectivity index (χ1n) is 19.5. The van der Waals surface area contributed by atoms with Crippen molar-refractivity contribution >= 4 is 17.9 Å². The van der Waals surface area contributed by atoms with Crippen LogP contribution in [-0.4, -0.2) is 110 Å². The van der Waals surface area contributed by atoms with Gasteiger partial charge in [-0.1, -0.05) is 103 Å². The van der Waals surface area contributed by atoms with E-state index >= 15 is 4.79 Å². The lowest BCUT2D eigenvalue weighted by Crippen LogP contribution is -2.53. The second kappa shape index (κ2) is 22.5. The number of hydrogen-bond acceptors (Lipinski definition) is 9. The largest absolute Gasteiger partial charge is 0.382 e. The van der Waals surface area contributed by atoms with Crippen molar-refractivity contribution in [2.45, 2.75) is 50.2 Å². The molecule has 1 fully saturated rings. The SMILES string of the molecule is COCCOCO[C@@H]1[C@@H](OCOCCOC)[C@@H](Cc2ccccc2)N(Cc2cccc(C(=O)Nc3ncc[nH]3)c2)C(=O)N(Cc2ccccc2)[C@@H]1Cc1ccccc1. The molecule has 306 valence electrons. The fourth-order valence-electron chi connectivity index (χ4n) is 7.14. The third kappa shape index (κ3) is 12.1. The van der Waals surface area contributed by atoms with Gasteiger partial charge in [0.25, 0.3) is 5.91 Å². The number of ether oxygens (including phenoxy) is 6. The highest BCUT2D eigenvalue weighted by Gasteiger charge is 2.49. The fraction of sp³-hybridized carbons (Fsp3) is 0.356. The van der Waals surface area contributed by atoms with Gasteiger partial charge >= 0.3 is 6.03 Å². The summed E-state index contributed by atoms with van der Waals surface area (Å²) >= 11 is 0. The minimum Gasteiger partial charge on any atom is -0.382 e. The molecule has 2 heterocycles. The Balaban J connectivity index is 1.47. The summed E-state index contributed by atoms with van der Waals surface area (Å²) < 4.78 is 36.0. The number of methoxy groups -OCH3 is 2. The summed E-state index contributed by atoms with van der Waals surface area (Å²) in [4.78, 5) is 39.8. The lowest BCUT2D eigenvalue weighted by atomic mass is 9.90. The van der Waals surface area contributed by atoms with Crippen molar-refractivity contribution in [2.75, 3.05) is 59.5 Å². The minimum atomic E-state index is -0.711. The topological polar surface area (TPSA) is 137 Å². The highest BCUT2D eigenvalue weighted by Crippen LogP contribution is 2.33. The highest BCUT2D eigenvalue weighted by atomic mass is 16.7. The number of nitrogens with one attached hydrogen (secondary N) is 2. The van der Waals surface area contributed by atoms with Gasteiger partial charge in [0.1, 0.15) is 25.8 Å². The Kier molecular flexibility index (Phi) is 16.4. The van der Waals surface area contributed by atoms with Gasteiger partial charge in [-0.15, -0.1) is 0 Å². The number of amides is 3. The number of carbonyl (C=O) groups excluding carboxylic acids is 2. The second-order valence-corrected chi connectivity index (χ2v) is 13.9. The van der Waals surface area contributed by atoms with Crippen LogP contribution in [0.4, 0.5) is 10.7 Å². The number of nitrogens with zero attached hydrogens (tertiary/aromatic N) is 3. The van der Waals surface area contributed by atoms with Gasteiger partial charge in [0.05, 0.1) is 38.5 Å². The molecule has 3 amide bonds. The minimum absolute atomic E-state index is 0.0536. The van der Waals surface area contributed by atoms with Crippen LogP contribution < -0.4 is 5.32 Å². The number of urea groups is 1. The number of carbonyl (C=O) groups is 2. The van der Waals surface area contributed by atoms with E-state index in [0.29, 0.717) is 57.3 Å². The normalized spacial score (nSPS) is 18.3. The molecule has 0 radical (unpaired) electrons. The molecule has 4 aromatic carbocycles. The predicted molar refractivity (Wildman–Crippen MR) is 219 cm³/mol. The van der Waals surface area contributed by atoms with Crippen molar-refractivity contribution in [1.82, 2.24) is 19.8 Å². The molecule has 1 aromatic heterocycles. The molecule has 6 rings (SSSR count). The number of H-pyrrole nitrogens is 1. The van der Waals surface area contributed by atoms with Gasteiger partial charge in [0, 0.05) is 45.3 Å². The van der Waals surface area contributed by atoms with E-state index in [4.69, 9.17) is 28.4 Å². The van der Waals surface area contributed by atoms with Gasteiger partial charge in [0.15, 0.2) is 0 Å². The maximum atomic E-state index is 15.7. The number of rotatable bonds is 22. The van der Waals surface area contributed by atoms with Crippen LogP contribution >= 0.6 is 0 Å². The number of aromatic amines is 1. The smallest absolute Gasteiger partial charge is 0.321 e. The Morgan fingerprint density at radius 1 is 0.655 bits per heavy atom. The Morgan fingerprint density at radius 3 is 1.66 bits per heavy atom. The molecule has 1 aliphatic heterocycles. The lowest BCUT2D eigenvalue weighted by Gasteiger charge is -2.38. The van der Waals surface area contributed by atoms with Crippen LogP contribution in [0.1, 0.15) is 32.6 Å². The maximum Gasteiger partial charge on any atom is 0.321 e. The molecule has 0 bridgehead atoms. The zero-order valence-corrected chi connectivity index (χ0v) is 33.1. The molecule has 0 aliphatic carbocycles. The van der Waals surface area contributed by atoms with Crippen LogP contribution in [0, 0.1) is 0 Å². The van der Waals surface area contributed by atoms with E-state index in [-0.39, 0.29) is 32.1 Å². The van der Waals surface area contributed by atoms with E-state index in [1.807, 2.05) is 101 Å². The fourth-order valence-corrected chi connectivity index (χ4v) is 7.14. The zero-order valence-electron chi connectivity index (χ0n) is 33.1. The Morgan fingerprint density at radius 2 is 1.16 bits per heavy atom. The second-order valence-electron chi connectivity index (χ2n) is 13.9. The Hall–Kier alpha value is -5.41. The summed E-state index contributed by atoms with van der Waals surface area (Å²) in [6, 6.07) is 36.1. The zero-order chi connectivity index (χ0) is 40.4. The maximum absolute atomic E-state index is 15.7. The first-order valence-corrected chi connectivity index (χ1v) is 19.5. The van der Waals surface area contributed by atoms with E-state index in [9.17, 15) is 4.79 Å². The van der Waals surface area contributed by atoms with Crippen LogP contribution in [0.25, 0.3) is 0 Å². The van der Waals surface area contributed by atoms with Gasteiger partial charge < -0.3 is 43.2 Å². The van der Waals surface area contributed by atoms with Gasteiger partial charge in [-0.25, -0.2) is 9.78 Å². The Bertz CT molecular complexity index is 1940. The third-order valence-corrected chi connectivity index (χ3v) is 9.97. The van der Waals surface area contributed by atoms with Gasteiger partial charge in [-0.05, 0) is 47.2 Å². The average molecular weight is 792 g/mol. The standard InChI is InChI=1S/C45H53N5O8/c1-53-23-25-55-32-57-41-39(28-34-13-6-3-7-14-34)49(30-36-17-10-5-11-18-36)45(52)50(31-37-19-12-20-38(27-37)43(51)48-44-46-21-22-47-44)40(29-35-15-8-4-9-16-35)42(41)58-33-56-26-24-54-2/h3-22,27,39-42H,23-26,28-33H2,1-2H3,(H2,46,47,48,51)/t39-,40-,41+,42+/m1/s1. The van der Waals surface area contributed by atoms with Crippen molar-refractivity contribution in [3.63, 3.8) is 0 Å². The molecule has 2 N–H and O–H groups in total. The molecule has 0 unspecified atom stereocenters. The summed E-state index contributed by atoms with van der Waals surface area (Å²) in [6.07, 6.45) is 2.72. The number of benzene rings is 4. The molecule has 1 saturated heterocycles. The first kappa shape index (κ1) is 42.2.